The highest BCUT2D eigenvalue weighted by Gasteiger charge is 2.32. The molecule has 4 aromatic rings. The molecule has 0 radical (unpaired) electrons. The molecule has 2 aromatic carbocycles. The molecule has 5 rings (SSSR count). The van der Waals surface area contributed by atoms with Crippen molar-refractivity contribution in [3.8, 4) is 0 Å². The van der Waals surface area contributed by atoms with E-state index in [9.17, 15) is 4.79 Å². The molecular weight excluding hydrogens is 386 g/mol. The zero-order chi connectivity index (χ0) is 21.4. The monoisotopic (exact) mass is 413 g/mol. The number of hydrogen-bond acceptors (Lipinski definition) is 3. The van der Waals surface area contributed by atoms with E-state index in [1.807, 2.05) is 52.9 Å². The van der Waals surface area contributed by atoms with Crippen molar-refractivity contribution in [3.05, 3.63) is 83.7 Å². The molecule has 158 valence electrons. The molecule has 3 heterocycles. The van der Waals surface area contributed by atoms with Gasteiger partial charge in [0.15, 0.2) is 0 Å². The summed E-state index contributed by atoms with van der Waals surface area (Å²) in [5, 5.41) is 0. The molecule has 1 amide bonds. The molecule has 1 atom stereocenters. The number of carbonyl (C=O) groups is 1. The number of hydrogen-bond donors (Lipinski definition) is 1. The summed E-state index contributed by atoms with van der Waals surface area (Å²) >= 11 is 0. The topological polar surface area (TPSA) is 66.8 Å². The number of likely N-dealkylation sites (tertiary alicyclic amines) is 1. The predicted octanol–water partition coefficient (Wildman–Crippen LogP) is 4.37. The number of nitrogens with one attached hydrogen (secondary N) is 1. The summed E-state index contributed by atoms with van der Waals surface area (Å²) in [6.07, 6.45) is 5.48. The summed E-state index contributed by atoms with van der Waals surface area (Å²) in [5.74, 6) is 2.36. The smallest absolute Gasteiger partial charge is 0.250 e. The molecule has 0 unspecified atom stereocenters. The van der Waals surface area contributed by atoms with Gasteiger partial charge >= 0.3 is 0 Å². The first kappa shape index (κ1) is 19.5. The standard InChI is InChI=1S/C25H27N5O/c1-17-8-9-21-22(16-17)28-24(27-21)20-10-13-29(14-11-20)25(31)23(19-6-4-3-5-7-19)30-15-12-26-18(30)2/h3-9,12,15-16,20,23H,10-11,13-14H2,1-2H3,(H,27,28)/t23-/m1/s1. The van der Waals surface area contributed by atoms with E-state index in [-0.39, 0.29) is 11.9 Å². The van der Waals surface area contributed by atoms with E-state index in [1.54, 1.807) is 6.20 Å². The maximum absolute atomic E-state index is 13.6. The van der Waals surface area contributed by atoms with Gasteiger partial charge in [0.2, 0.25) is 5.91 Å². The van der Waals surface area contributed by atoms with Crippen molar-refractivity contribution in [1.29, 1.82) is 0 Å². The maximum atomic E-state index is 13.6. The van der Waals surface area contributed by atoms with Crippen LogP contribution in [0.3, 0.4) is 0 Å². The Hall–Kier alpha value is -3.41. The molecule has 1 aliphatic rings. The van der Waals surface area contributed by atoms with E-state index in [1.165, 1.54) is 5.56 Å². The molecule has 6 heteroatoms. The van der Waals surface area contributed by atoms with Crippen molar-refractivity contribution in [2.24, 2.45) is 0 Å². The van der Waals surface area contributed by atoms with Crippen LogP contribution in [0.4, 0.5) is 0 Å². The van der Waals surface area contributed by atoms with Crippen molar-refractivity contribution in [1.82, 2.24) is 24.4 Å². The molecule has 1 aliphatic heterocycles. The van der Waals surface area contributed by atoms with Gasteiger partial charge in [0.05, 0.1) is 11.0 Å². The number of imidazole rings is 2. The summed E-state index contributed by atoms with van der Waals surface area (Å²) in [4.78, 5) is 28.3. The number of carbonyl (C=O) groups excluding carboxylic acids is 1. The van der Waals surface area contributed by atoms with Gasteiger partial charge in [-0.25, -0.2) is 9.97 Å². The normalized spacial score (nSPS) is 16.0. The first-order valence-corrected chi connectivity index (χ1v) is 10.9. The Bertz CT molecular complexity index is 1200. The van der Waals surface area contributed by atoms with Crippen LogP contribution >= 0.6 is 0 Å². The molecule has 0 bridgehead atoms. The van der Waals surface area contributed by atoms with E-state index < -0.39 is 0 Å². The van der Waals surface area contributed by atoms with Gasteiger partial charge in [0, 0.05) is 31.4 Å². The van der Waals surface area contributed by atoms with Crippen LogP contribution in [-0.4, -0.2) is 43.4 Å². The number of benzene rings is 2. The maximum Gasteiger partial charge on any atom is 0.250 e. The number of amides is 1. The second kappa shape index (κ2) is 8.02. The van der Waals surface area contributed by atoms with Gasteiger partial charge in [0.25, 0.3) is 0 Å². The number of aromatic nitrogens is 4. The number of aromatic amines is 1. The zero-order valence-corrected chi connectivity index (χ0v) is 18.0. The minimum Gasteiger partial charge on any atom is -0.342 e. The van der Waals surface area contributed by atoms with Gasteiger partial charge in [0.1, 0.15) is 17.7 Å². The third kappa shape index (κ3) is 3.74. The molecule has 6 nitrogen and oxygen atoms in total. The molecule has 1 N–H and O–H groups in total. The lowest BCUT2D eigenvalue weighted by atomic mass is 9.95. The van der Waals surface area contributed by atoms with Crippen LogP contribution in [0.15, 0.2) is 60.9 Å². The summed E-state index contributed by atoms with van der Waals surface area (Å²) in [6.45, 7) is 5.50. The minimum absolute atomic E-state index is 0.131. The number of fused-ring (bicyclic) bond motifs is 1. The molecule has 0 saturated carbocycles. The van der Waals surface area contributed by atoms with Crippen LogP contribution in [0.2, 0.25) is 0 Å². The van der Waals surface area contributed by atoms with E-state index in [4.69, 9.17) is 4.98 Å². The fraction of sp³-hybridized carbons (Fsp3) is 0.320. The first-order valence-electron chi connectivity index (χ1n) is 10.9. The van der Waals surface area contributed by atoms with Crippen LogP contribution in [0.1, 0.15) is 47.6 Å². The van der Waals surface area contributed by atoms with Crippen LogP contribution in [0.5, 0.6) is 0 Å². The number of piperidine rings is 1. The number of aryl methyl sites for hydroxylation is 2. The van der Waals surface area contributed by atoms with Gasteiger partial charge in [-0.1, -0.05) is 36.4 Å². The Kier molecular flexibility index (Phi) is 5.06. The summed E-state index contributed by atoms with van der Waals surface area (Å²) in [5.41, 5.74) is 4.32. The second-order valence-corrected chi connectivity index (χ2v) is 8.44. The van der Waals surface area contributed by atoms with E-state index in [0.29, 0.717) is 5.92 Å². The van der Waals surface area contributed by atoms with E-state index in [2.05, 4.69) is 35.1 Å². The lowest BCUT2D eigenvalue weighted by Crippen LogP contribution is -2.42. The van der Waals surface area contributed by atoms with Gasteiger partial charge in [-0.2, -0.15) is 0 Å². The minimum atomic E-state index is -0.380. The Morgan fingerprint density at radius 1 is 1.10 bits per heavy atom. The largest absolute Gasteiger partial charge is 0.342 e. The lowest BCUT2D eigenvalue weighted by Gasteiger charge is -2.34. The highest BCUT2D eigenvalue weighted by molar-refractivity contribution is 5.84. The quantitative estimate of drug-likeness (QED) is 0.540. The van der Waals surface area contributed by atoms with Crippen LogP contribution in [0, 0.1) is 13.8 Å². The number of H-pyrrole nitrogens is 1. The first-order chi connectivity index (χ1) is 15.1. The SMILES string of the molecule is Cc1ccc2nc(C3CCN(C(=O)[C@@H](c4ccccc4)n4ccnc4C)CC3)[nH]c2c1. The Labute approximate surface area is 181 Å². The number of nitrogens with zero attached hydrogens (tertiary/aromatic N) is 4. The van der Waals surface area contributed by atoms with E-state index >= 15 is 0 Å². The van der Waals surface area contributed by atoms with Gasteiger partial charge in [-0.15, -0.1) is 0 Å². The lowest BCUT2D eigenvalue weighted by molar-refractivity contribution is -0.134. The van der Waals surface area contributed by atoms with Crippen LogP contribution in [0.25, 0.3) is 11.0 Å². The van der Waals surface area contributed by atoms with Crippen molar-refractivity contribution in [2.45, 2.75) is 38.6 Å². The third-order valence-electron chi connectivity index (χ3n) is 6.34. The van der Waals surface area contributed by atoms with Crippen molar-refractivity contribution in [2.75, 3.05) is 13.1 Å². The number of rotatable bonds is 4. The molecule has 1 fully saturated rings. The highest BCUT2D eigenvalue weighted by Crippen LogP contribution is 2.30. The fourth-order valence-electron chi connectivity index (χ4n) is 4.60. The molecular formula is C25H27N5O. The molecule has 31 heavy (non-hydrogen) atoms. The highest BCUT2D eigenvalue weighted by atomic mass is 16.2. The van der Waals surface area contributed by atoms with Crippen molar-refractivity contribution in [3.63, 3.8) is 0 Å². The van der Waals surface area contributed by atoms with Crippen LogP contribution in [-0.2, 0) is 4.79 Å². The predicted molar refractivity (Wildman–Crippen MR) is 121 cm³/mol. The molecule has 2 aromatic heterocycles. The van der Waals surface area contributed by atoms with Gasteiger partial charge in [-0.3, -0.25) is 4.79 Å². The summed E-state index contributed by atoms with van der Waals surface area (Å²) in [7, 11) is 0. The fourth-order valence-corrected chi connectivity index (χ4v) is 4.60. The second-order valence-electron chi connectivity index (χ2n) is 8.44. The third-order valence-corrected chi connectivity index (χ3v) is 6.34. The summed E-state index contributed by atoms with van der Waals surface area (Å²) < 4.78 is 1.98. The summed E-state index contributed by atoms with van der Waals surface area (Å²) in [6, 6.07) is 15.9. The van der Waals surface area contributed by atoms with Crippen molar-refractivity contribution < 1.29 is 4.79 Å². The average Bonchev–Trinajstić information content (AvgIpc) is 3.41. The Balaban J connectivity index is 1.34. The average molecular weight is 414 g/mol. The molecule has 0 aliphatic carbocycles. The zero-order valence-electron chi connectivity index (χ0n) is 18.0. The van der Waals surface area contributed by atoms with Gasteiger partial charge < -0.3 is 14.5 Å². The van der Waals surface area contributed by atoms with E-state index in [0.717, 1.165) is 54.2 Å². The molecule has 0 spiro atoms. The van der Waals surface area contributed by atoms with Gasteiger partial charge in [-0.05, 0) is 49.9 Å². The molecule has 1 saturated heterocycles. The Morgan fingerprint density at radius 2 is 1.87 bits per heavy atom. The van der Waals surface area contributed by atoms with Crippen LogP contribution < -0.4 is 0 Å². The van der Waals surface area contributed by atoms with Crippen molar-refractivity contribution >= 4 is 16.9 Å². The Morgan fingerprint density at radius 3 is 2.58 bits per heavy atom.